The topological polar surface area (TPSA) is 78.8 Å². The van der Waals surface area contributed by atoms with Crippen molar-refractivity contribution in [3.05, 3.63) is 86.8 Å². The third-order valence-electron chi connectivity index (χ3n) is 3.31. The fraction of sp³-hybridized carbons (Fsp3) is 0.0556. The molecule has 0 amide bonds. The predicted octanol–water partition coefficient (Wildman–Crippen LogP) is 3.68. The molecule has 5 nitrogen and oxygen atoms in total. The van der Waals surface area contributed by atoms with Crippen LogP contribution in [0.3, 0.4) is 0 Å². The second-order valence-corrected chi connectivity index (χ2v) is 5.50. The summed E-state index contributed by atoms with van der Waals surface area (Å²) >= 11 is 6.19. The van der Waals surface area contributed by atoms with E-state index < -0.39 is 0 Å². The van der Waals surface area contributed by atoms with E-state index in [-0.39, 0.29) is 5.56 Å². The lowest BCUT2D eigenvalue weighted by molar-refractivity contribution is 0.482. The lowest BCUT2D eigenvalue weighted by Crippen LogP contribution is -2.07. The lowest BCUT2D eigenvalue weighted by Gasteiger charge is -2.10. The van der Waals surface area contributed by atoms with Gasteiger partial charge in [-0.15, -0.1) is 0 Å². The molecule has 3 rings (SSSR count). The third-order valence-corrected chi connectivity index (χ3v) is 3.62. The van der Waals surface area contributed by atoms with Gasteiger partial charge in [0, 0.05) is 12.5 Å². The van der Waals surface area contributed by atoms with Crippen LogP contribution in [-0.2, 0) is 6.42 Å². The first-order chi connectivity index (χ1) is 11.6. The first-order valence-corrected chi connectivity index (χ1v) is 7.53. The minimum atomic E-state index is -0.240. The Bertz CT molecular complexity index is 956. The summed E-state index contributed by atoms with van der Waals surface area (Å²) in [7, 11) is 0. The van der Waals surface area contributed by atoms with Gasteiger partial charge in [0.1, 0.15) is 11.5 Å². The quantitative estimate of drug-likeness (QED) is 0.787. The molecule has 0 spiro atoms. The van der Waals surface area contributed by atoms with Crippen molar-refractivity contribution in [1.82, 2.24) is 10.2 Å². The molecule has 118 valence electrons. The Morgan fingerprint density at radius 3 is 2.79 bits per heavy atom. The molecule has 0 bridgehead atoms. The molecule has 0 unspecified atom stereocenters. The molecule has 0 saturated carbocycles. The molecule has 1 N–H and O–H groups in total. The van der Waals surface area contributed by atoms with Gasteiger partial charge in [-0.05, 0) is 42.0 Å². The summed E-state index contributed by atoms with van der Waals surface area (Å²) in [6.07, 6.45) is 0.530. The van der Waals surface area contributed by atoms with Crippen LogP contribution in [0.15, 0.2) is 59.4 Å². The van der Waals surface area contributed by atoms with Gasteiger partial charge < -0.3 is 4.74 Å². The number of hydrogen-bond donors (Lipinski definition) is 1. The van der Waals surface area contributed by atoms with Crippen molar-refractivity contribution in [1.29, 1.82) is 5.26 Å². The zero-order valence-electron chi connectivity index (χ0n) is 12.5. The van der Waals surface area contributed by atoms with E-state index in [1.165, 1.54) is 6.07 Å². The van der Waals surface area contributed by atoms with Crippen molar-refractivity contribution >= 4 is 11.6 Å². The van der Waals surface area contributed by atoms with E-state index in [0.717, 1.165) is 11.3 Å². The fourth-order valence-electron chi connectivity index (χ4n) is 2.17. The molecule has 1 heterocycles. The van der Waals surface area contributed by atoms with Crippen molar-refractivity contribution < 1.29 is 4.74 Å². The number of H-pyrrole nitrogens is 1. The van der Waals surface area contributed by atoms with Crippen LogP contribution in [0.5, 0.6) is 11.5 Å². The molecule has 1 aromatic heterocycles. The Kier molecular flexibility index (Phi) is 4.59. The number of rotatable bonds is 4. The van der Waals surface area contributed by atoms with Gasteiger partial charge in [-0.1, -0.05) is 23.7 Å². The second-order valence-electron chi connectivity index (χ2n) is 5.10. The summed E-state index contributed by atoms with van der Waals surface area (Å²) in [5.74, 6) is 1.03. The van der Waals surface area contributed by atoms with E-state index in [1.54, 1.807) is 36.4 Å². The maximum atomic E-state index is 11.0. The van der Waals surface area contributed by atoms with Crippen LogP contribution in [0.1, 0.15) is 16.8 Å². The van der Waals surface area contributed by atoms with E-state index in [1.807, 2.05) is 12.1 Å². The summed E-state index contributed by atoms with van der Waals surface area (Å²) in [6.45, 7) is 0. The monoisotopic (exact) mass is 337 g/mol. The lowest BCUT2D eigenvalue weighted by atomic mass is 10.1. The number of nitriles is 1. The highest BCUT2D eigenvalue weighted by molar-refractivity contribution is 6.32. The minimum absolute atomic E-state index is 0.240. The standard InChI is InChI=1S/C18H12ClN3O2/c19-16-6-4-12(8-14-5-7-18(23)22-21-14)10-17(16)24-15-3-1-2-13(9-15)11-20/h1-7,9-10H,8H2,(H,22,23). The number of nitrogens with zero attached hydrogens (tertiary/aromatic N) is 2. The molecule has 0 aliphatic heterocycles. The highest BCUT2D eigenvalue weighted by atomic mass is 35.5. The largest absolute Gasteiger partial charge is 0.456 e. The second kappa shape index (κ2) is 6.99. The van der Waals surface area contributed by atoms with Gasteiger partial charge in [0.25, 0.3) is 5.56 Å². The van der Waals surface area contributed by atoms with Crippen LogP contribution in [0, 0.1) is 11.3 Å². The fourth-order valence-corrected chi connectivity index (χ4v) is 2.33. The Hall–Kier alpha value is -3.10. The zero-order chi connectivity index (χ0) is 16.9. The van der Waals surface area contributed by atoms with Crippen molar-refractivity contribution in [2.24, 2.45) is 0 Å². The number of aromatic amines is 1. The first-order valence-electron chi connectivity index (χ1n) is 7.15. The molecule has 0 atom stereocenters. The summed E-state index contributed by atoms with van der Waals surface area (Å²) in [5, 5.41) is 15.8. The molecular formula is C18H12ClN3O2. The van der Waals surface area contributed by atoms with Gasteiger partial charge in [0.15, 0.2) is 0 Å². The number of benzene rings is 2. The van der Waals surface area contributed by atoms with Crippen LogP contribution in [-0.4, -0.2) is 10.2 Å². The first kappa shape index (κ1) is 15.8. The van der Waals surface area contributed by atoms with Crippen LogP contribution < -0.4 is 10.3 Å². The average molecular weight is 338 g/mol. The van der Waals surface area contributed by atoms with E-state index in [4.69, 9.17) is 21.6 Å². The molecule has 6 heteroatoms. The van der Waals surface area contributed by atoms with Crippen LogP contribution in [0.4, 0.5) is 0 Å². The molecule has 2 aromatic carbocycles. The number of halogens is 1. The molecule has 24 heavy (non-hydrogen) atoms. The molecular weight excluding hydrogens is 326 g/mol. The maximum absolute atomic E-state index is 11.0. The summed E-state index contributed by atoms with van der Waals surface area (Å²) in [4.78, 5) is 11.0. The number of nitrogens with one attached hydrogen (secondary N) is 1. The summed E-state index contributed by atoms with van der Waals surface area (Å²) in [5.41, 5.74) is 1.94. The minimum Gasteiger partial charge on any atom is -0.456 e. The van der Waals surface area contributed by atoms with Gasteiger partial charge in [0.2, 0.25) is 0 Å². The zero-order valence-corrected chi connectivity index (χ0v) is 13.2. The molecule has 0 fully saturated rings. The van der Waals surface area contributed by atoms with Gasteiger partial charge in [-0.25, -0.2) is 5.10 Å². The molecule has 3 aromatic rings. The van der Waals surface area contributed by atoms with Crippen molar-refractivity contribution in [2.75, 3.05) is 0 Å². The Morgan fingerprint density at radius 1 is 1.17 bits per heavy atom. The van der Waals surface area contributed by atoms with Gasteiger partial charge >= 0.3 is 0 Å². The SMILES string of the molecule is N#Cc1cccc(Oc2cc(Cc3ccc(=O)[nH]n3)ccc2Cl)c1. The molecule has 0 saturated heterocycles. The number of hydrogen-bond acceptors (Lipinski definition) is 4. The van der Waals surface area contributed by atoms with Gasteiger partial charge in [0.05, 0.1) is 22.3 Å². The van der Waals surface area contributed by atoms with Crippen LogP contribution in [0.25, 0.3) is 0 Å². The molecule has 0 radical (unpaired) electrons. The Labute approximate surface area is 143 Å². The highest BCUT2D eigenvalue weighted by Crippen LogP contribution is 2.31. The van der Waals surface area contributed by atoms with E-state index >= 15 is 0 Å². The van der Waals surface area contributed by atoms with Crippen molar-refractivity contribution in [3.8, 4) is 17.6 Å². The van der Waals surface area contributed by atoms with E-state index in [9.17, 15) is 4.79 Å². The number of ether oxygens (including phenoxy) is 1. The molecule has 0 aliphatic carbocycles. The van der Waals surface area contributed by atoms with Crippen molar-refractivity contribution in [3.63, 3.8) is 0 Å². The summed E-state index contributed by atoms with van der Waals surface area (Å²) in [6, 6.07) is 17.4. The van der Waals surface area contributed by atoms with Gasteiger partial charge in [-0.2, -0.15) is 10.4 Å². The highest BCUT2D eigenvalue weighted by Gasteiger charge is 2.07. The number of aromatic nitrogens is 2. The molecule has 0 aliphatic rings. The maximum Gasteiger partial charge on any atom is 0.264 e. The van der Waals surface area contributed by atoms with E-state index in [0.29, 0.717) is 28.5 Å². The van der Waals surface area contributed by atoms with E-state index in [2.05, 4.69) is 16.3 Å². The van der Waals surface area contributed by atoms with Crippen molar-refractivity contribution in [2.45, 2.75) is 6.42 Å². The average Bonchev–Trinajstić information content (AvgIpc) is 2.60. The predicted molar refractivity (Wildman–Crippen MR) is 90.3 cm³/mol. The third kappa shape index (κ3) is 3.80. The summed E-state index contributed by atoms with van der Waals surface area (Å²) < 4.78 is 5.79. The van der Waals surface area contributed by atoms with Crippen LogP contribution in [0.2, 0.25) is 5.02 Å². The smallest absolute Gasteiger partial charge is 0.264 e. The van der Waals surface area contributed by atoms with Crippen LogP contribution >= 0.6 is 11.6 Å². The Balaban J connectivity index is 1.84. The Morgan fingerprint density at radius 2 is 2.04 bits per heavy atom. The normalized spacial score (nSPS) is 10.2. The van der Waals surface area contributed by atoms with Gasteiger partial charge in [-0.3, -0.25) is 4.79 Å².